The Morgan fingerprint density at radius 2 is 0.825 bits per heavy atom. The molecule has 0 aromatic heterocycles. The Bertz CT molecular complexity index is 829. The van der Waals surface area contributed by atoms with Gasteiger partial charge >= 0.3 is 11.9 Å². The summed E-state index contributed by atoms with van der Waals surface area (Å²) in [4.78, 5) is 27.1. The lowest BCUT2D eigenvalue weighted by Crippen LogP contribution is -2.30. The molecule has 0 amide bonds. The monoisotopic (exact) mass is 808 g/mol. The minimum absolute atomic E-state index is 0.0393. The fourth-order valence-electron chi connectivity index (χ4n) is 8.38. The number of aliphatic hydroxyl groups is 1. The number of hydrogen-bond acceptors (Lipinski definition) is 6. The van der Waals surface area contributed by atoms with Crippen LogP contribution in [0.4, 0.5) is 0 Å². The molecular weight excluding hydrogens is 707 g/mol. The lowest BCUT2D eigenvalue weighted by molar-refractivity contribution is -0.144. The molecule has 6 nitrogen and oxygen atoms in total. The quantitative estimate of drug-likeness (QED) is 0.0488. The molecular formula is C51H101NO5. The highest BCUT2D eigenvalue weighted by atomic mass is 16.5. The van der Waals surface area contributed by atoms with Crippen LogP contribution in [0, 0.1) is 23.7 Å². The minimum Gasteiger partial charge on any atom is -0.466 e. The first-order valence-electron chi connectivity index (χ1n) is 25.2. The predicted molar refractivity (Wildman–Crippen MR) is 246 cm³/mol. The number of ether oxygens (including phenoxy) is 2. The summed E-state index contributed by atoms with van der Waals surface area (Å²) in [5.41, 5.74) is -0.600. The van der Waals surface area contributed by atoms with Crippen molar-refractivity contribution in [2.24, 2.45) is 23.7 Å². The van der Waals surface area contributed by atoms with E-state index < -0.39 is 5.60 Å². The van der Waals surface area contributed by atoms with E-state index in [9.17, 15) is 14.7 Å². The third-order valence-electron chi connectivity index (χ3n) is 12.2. The van der Waals surface area contributed by atoms with Crippen molar-refractivity contribution in [1.29, 1.82) is 0 Å². The van der Waals surface area contributed by atoms with Crippen molar-refractivity contribution in [3.8, 4) is 0 Å². The number of nitrogens with zero attached hydrogens (tertiary/aromatic N) is 1. The topological polar surface area (TPSA) is 76.1 Å². The first-order chi connectivity index (χ1) is 27.4. The lowest BCUT2D eigenvalue weighted by atomic mass is 9.85. The SMILES string of the molecule is CCCN(CCC)CCCCC(O)(CCCCCCOC(=O)CCCCCC(C)CCCC(C)C)CCCCCCOC(=O)CCCCCC(C)CCCC(C)C. The summed E-state index contributed by atoms with van der Waals surface area (Å²) in [6, 6.07) is 0. The van der Waals surface area contributed by atoms with Gasteiger partial charge in [-0.2, -0.15) is 0 Å². The van der Waals surface area contributed by atoms with Gasteiger partial charge in [-0.05, 0) is 114 Å². The number of carbonyl (C=O) groups is 2. The Kier molecular flexibility index (Phi) is 38.2. The molecule has 0 radical (unpaired) electrons. The highest BCUT2D eigenvalue weighted by Gasteiger charge is 2.25. The molecule has 0 spiro atoms. The number of carbonyl (C=O) groups excluding carboxylic acids is 2. The zero-order chi connectivity index (χ0) is 42.4. The van der Waals surface area contributed by atoms with Crippen LogP contribution in [-0.2, 0) is 19.1 Å². The second-order valence-electron chi connectivity index (χ2n) is 19.4. The molecule has 2 atom stereocenters. The maximum atomic E-state index is 12.2. The maximum Gasteiger partial charge on any atom is 0.305 e. The molecule has 0 saturated heterocycles. The molecule has 57 heavy (non-hydrogen) atoms. The zero-order valence-corrected chi connectivity index (χ0v) is 39.8. The smallest absolute Gasteiger partial charge is 0.305 e. The van der Waals surface area contributed by atoms with Gasteiger partial charge in [0.05, 0.1) is 18.8 Å². The average molecular weight is 808 g/mol. The average Bonchev–Trinajstić information content (AvgIpc) is 3.15. The van der Waals surface area contributed by atoms with E-state index in [2.05, 4.69) is 60.3 Å². The van der Waals surface area contributed by atoms with E-state index in [0.29, 0.717) is 26.1 Å². The summed E-state index contributed by atoms with van der Waals surface area (Å²) in [7, 11) is 0. The first kappa shape index (κ1) is 55.9. The van der Waals surface area contributed by atoms with Crippen molar-refractivity contribution in [3.63, 3.8) is 0 Å². The van der Waals surface area contributed by atoms with Gasteiger partial charge in [0.2, 0.25) is 0 Å². The second kappa shape index (κ2) is 39.0. The van der Waals surface area contributed by atoms with Gasteiger partial charge in [-0.15, -0.1) is 0 Å². The van der Waals surface area contributed by atoms with Crippen LogP contribution in [0.25, 0.3) is 0 Å². The fraction of sp³-hybridized carbons (Fsp3) is 0.961. The van der Waals surface area contributed by atoms with Crippen LogP contribution in [0.1, 0.15) is 254 Å². The Hall–Kier alpha value is -1.14. The predicted octanol–water partition coefficient (Wildman–Crippen LogP) is 14.8. The number of rotatable bonds is 43. The number of esters is 2. The summed E-state index contributed by atoms with van der Waals surface area (Å²) in [5, 5.41) is 11.8. The highest BCUT2D eigenvalue weighted by molar-refractivity contribution is 5.69. The number of hydrogen-bond donors (Lipinski definition) is 1. The van der Waals surface area contributed by atoms with Crippen molar-refractivity contribution in [2.45, 2.75) is 260 Å². The van der Waals surface area contributed by atoms with Crippen molar-refractivity contribution in [3.05, 3.63) is 0 Å². The fourth-order valence-corrected chi connectivity index (χ4v) is 8.38. The first-order valence-corrected chi connectivity index (χ1v) is 25.2. The van der Waals surface area contributed by atoms with Gasteiger partial charge in [-0.3, -0.25) is 9.59 Å². The molecule has 1 N–H and O–H groups in total. The largest absolute Gasteiger partial charge is 0.466 e. The molecule has 0 saturated carbocycles. The van der Waals surface area contributed by atoms with Crippen molar-refractivity contribution < 1.29 is 24.2 Å². The number of unbranched alkanes of at least 4 members (excludes halogenated alkanes) is 11. The Labute approximate surface area is 356 Å². The molecule has 0 aromatic carbocycles. The van der Waals surface area contributed by atoms with Crippen molar-refractivity contribution >= 4 is 11.9 Å². The standard InChI is InChI=1S/C51H101NO5/c1-9-40-52(41-10-2)42-24-23-39-51(55,37-21-11-13-25-43-56-49(53)35-19-15-17-31-47(7)33-27-29-45(3)4)38-22-12-14-26-44-57-50(54)36-20-16-18-32-48(8)34-28-30-46(5)6/h45-48,55H,9-44H2,1-8H3. The van der Waals surface area contributed by atoms with E-state index in [1.54, 1.807) is 0 Å². The van der Waals surface area contributed by atoms with E-state index >= 15 is 0 Å². The van der Waals surface area contributed by atoms with Gasteiger partial charge < -0.3 is 19.5 Å². The van der Waals surface area contributed by atoms with E-state index in [1.807, 2.05) is 0 Å². The van der Waals surface area contributed by atoms with Crippen LogP contribution in [0.5, 0.6) is 0 Å². The van der Waals surface area contributed by atoms with Crippen LogP contribution in [0.15, 0.2) is 0 Å². The van der Waals surface area contributed by atoms with Gasteiger partial charge in [-0.25, -0.2) is 0 Å². The summed E-state index contributed by atoms with van der Waals surface area (Å²) in [5.74, 6) is 3.11. The van der Waals surface area contributed by atoms with Gasteiger partial charge in [0, 0.05) is 12.8 Å². The lowest BCUT2D eigenvalue weighted by Gasteiger charge is -2.29. The molecule has 0 aliphatic heterocycles. The van der Waals surface area contributed by atoms with Crippen LogP contribution in [0.3, 0.4) is 0 Å². The summed E-state index contributed by atoms with van der Waals surface area (Å²) in [6.45, 7) is 23.0. The Morgan fingerprint density at radius 3 is 1.23 bits per heavy atom. The maximum absolute atomic E-state index is 12.2. The minimum atomic E-state index is -0.600. The van der Waals surface area contributed by atoms with Crippen LogP contribution in [-0.4, -0.2) is 60.4 Å². The molecule has 340 valence electrons. The van der Waals surface area contributed by atoms with E-state index in [1.165, 1.54) is 90.1 Å². The molecule has 6 heteroatoms. The zero-order valence-electron chi connectivity index (χ0n) is 39.8. The van der Waals surface area contributed by atoms with E-state index in [-0.39, 0.29) is 11.9 Å². The molecule has 0 aliphatic carbocycles. The molecule has 0 bridgehead atoms. The second-order valence-corrected chi connectivity index (χ2v) is 19.4. The van der Waals surface area contributed by atoms with Gasteiger partial charge in [0.1, 0.15) is 0 Å². The van der Waals surface area contributed by atoms with Crippen LogP contribution in [0.2, 0.25) is 0 Å². The molecule has 0 fully saturated rings. The van der Waals surface area contributed by atoms with Crippen LogP contribution < -0.4 is 0 Å². The molecule has 0 rings (SSSR count). The molecule has 2 unspecified atom stereocenters. The third kappa shape index (κ3) is 38.8. The van der Waals surface area contributed by atoms with Crippen molar-refractivity contribution in [2.75, 3.05) is 32.8 Å². The summed E-state index contributed by atoms with van der Waals surface area (Å²) < 4.78 is 11.1. The molecule has 0 aliphatic rings. The van der Waals surface area contributed by atoms with Crippen molar-refractivity contribution in [1.82, 2.24) is 4.90 Å². The Balaban J connectivity index is 4.30. The summed E-state index contributed by atoms with van der Waals surface area (Å²) >= 11 is 0. The van der Waals surface area contributed by atoms with Gasteiger partial charge in [-0.1, -0.05) is 171 Å². The Morgan fingerprint density at radius 1 is 0.456 bits per heavy atom. The van der Waals surface area contributed by atoms with Crippen LogP contribution >= 0.6 is 0 Å². The van der Waals surface area contributed by atoms with E-state index in [4.69, 9.17) is 9.47 Å². The normalized spacial score (nSPS) is 14.0. The third-order valence-corrected chi connectivity index (χ3v) is 12.2. The van der Waals surface area contributed by atoms with Gasteiger partial charge in [0.25, 0.3) is 0 Å². The highest BCUT2D eigenvalue weighted by Crippen LogP contribution is 2.29. The molecule has 0 heterocycles. The van der Waals surface area contributed by atoms with E-state index in [0.717, 1.165) is 139 Å². The van der Waals surface area contributed by atoms with Gasteiger partial charge in [0.15, 0.2) is 0 Å². The summed E-state index contributed by atoms with van der Waals surface area (Å²) in [6.07, 6.45) is 33.5. The molecule has 0 aromatic rings.